The van der Waals surface area contributed by atoms with E-state index < -0.39 is 0 Å². The van der Waals surface area contributed by atoms with Gasteiger partial charge in [0, 0.05) is 13.0 Å². The van der Waals surface area contributed by atoms with Crippen molar-refractivity contribution in [1.82, 2.24) is 10.5 Å². The standard InChI is InChI=1S/C15H18N2O2/c1-3-13-14(11(2)17-19-13)15(18)16-10-9-12-7-5-4-6-8-12/h4-8H,3,9-10H2,1-2H3,(H,16,18). The quantitative estimate of drug-likeness (QED) is 0.896. The molecule has 1 aromatic heterocycles. The zero-order chi connectivity index (χ0) is 13.7. The molecule has 4 nitrogen and oxygen atoms in total. The number of hydrogen-bond donors (Lipinski definition) is 1. The highest BCUT2D eigenvalue weighted by molar-refractivity contribution is 5.96. The van der Waals surface area contributed by atoms with Crippen molar-refractivity contribution in [2.75, 3.05) is 6.54 Å². The van der Waals surface area contributed by atoms with Crippen LogP contribution in [0.5, 0.6) is 0 Å². The van der Waals surface area contributed by atoms with E-state index in [9.17, 15) is 4.79 Å². The molecular formula is C15H18N2O2. The molecule has 0 spiro atoms. The van der Waals surface area contributed by atoms with E-state index in [0.717, 1.165) is 6.42 Å². The molecule has 19 heavy (non-hydrogen) atoms. The Labute approximate surface area is 112 Å². The molecule has 0 aliphatic rings. The molecule has 2 rings (SSSR count). The van der Waals surface area contributed by atoms with Gasteiger partial charge in [0.2, 0.25) is 0 Å². The van der Waals surface area contributed by atoms with Crippen molar-refractivity contribution in [1.29, 1.82) is 0 Å². The molecule has 1 aromatic carbocycles. The molecule has 1 heterocycles. The number of hydrogen-bond acceptors (Lipinski definition) is 3. The van der Waals surface area contributed by atoms with Crippen LogP contribution in [-0.4, -0.2) is 17.6 Å². The summed E-state index contributed by atoms with van der Waals surface area (Å²) in [5.41, 5.74) is 2.44. The van der Waals surface area contributed by atoms with Crippen LogP contribution < -0.4 is 5.32 Å². The van der Waals surface area contributed by atoms with Crippen LogP contribution in [0.25, 0.3) is 0 Å². The fourth-order valence-electron chi connectivity index (χ4n) is 2.00. The lowest BCUT2D eigenvalue weighted by molar-refractivity contribution is 0.0951. The smallest absolute Gasteiger partial charge is 0.256 e. The Morgan fingerprint density at radius 2 is 2.05 bits per heavy atom. The Morgan fingerprint density at radius 3 is 2.74 bits per heavy atom. The van der Waals surface area contributed by atoms with E-state index in [2.05, 4.69) is 10.5 Å². The second-order valence-corrected chi connectivity index (χ2v) is 4.41. The highest BCUT2D eigenvalue weighted by Gasteiger charge is 2.18. The van der Waals surface area contributed by atoms with Gasteiger partial charge in [0.25, 0.3) is 5.91 Å². The normalized spacial score (nSPS) is 10.4. The van der Waals surface area contributed by atoms with E-state index >= 15 is 0 Å². The van der Waals surface area contributed by atoms with Gasteiger partial charge in [-0.25, -0.2) is 0 Å². The number of nitrogens with zero attached hydrogens (tertiary/aromatic N) is 1. The predicted octanol–water partition coefficient (Wildman–Crippen LogP) is 2.52. The molecule has 2 aromatic rings. The van der Waals surface area contributed by atoms with Gasteiger partial charge in [-0.2, -0.15) is 0 Å². The Balaban J connectivity index is 1.93. The topological polar surface area (TPSA) is 55.1 Å². The summed E-state index contributed by atoms with van der Waals surface area (Å²) >= 11 is 0. The molecular weight excluding hydrogens is 240 g/mol. The summed E-state index contributed by atoms with van der Waals surface area (Å²) in [4.78, 5) is 12.1. The molecule has 1 N–H and O–H groups in total. The minimum Gasteiger partial charge on any atom is -0.360 e. The van der Waals surface area contributed by atoms with Crippen molar-refractivity contribution < 1.29 is 9.32 Å². The van der Waals surface area contributed by atoms with Gasteiger partial charge in [-0.15, -0.1) is 0 Å². The first kappa shape index (κ1) is 13.3. The lowest BCUT2D eigenvalue weighted by Gasteiger charge is -2.05. The van der Waals surface area contributed by atoms with Crippen molar-refractivity contribution in [3.05, 3.63) is 52.9 Å². The van der Waals surface area contributed by atoms with Crippen LogP contribution in [0.3, 0.4) is 0 Å². The van der Waals surface area contributed by atoms with E-state index in [1.807, 2.05) is 37.3 Å². The van der Waals surface area contributed by atoms with Crippen LogP contribution in [0.1, 0.15) is 34.3 Å². The van der Waals surface area contributed by atoms with Crippen molar-refractivity contribution >= 4 is 5.91 Å². The maximum atomic E-state index is 12.1. The van der Waals surface area contributed by atoms with Gasteiger partial charge in [-0.3, -0.25) is 4.79 Å². The van der Waals surface area contributed by atoms with Crippen molar-refractivity contribution in [3.63, 3.8) is 0 Å². The van der Waals surface area contributed by atoms with Gasteiger partial charge in [0.15, 0.2) is 0 Å². The fourth-order valence-corrected chi connectivity index (χ4v) is 2.00. The summed E-state index contributed by atoms with van der Waals surface area (Å²) in [6.45, 7) is 4.34. The zero-order valence-corrected chi connectivity index (χ0v) is 11.3. The van der Waals surface area contributed by atoms with Crippen LogP contribution >= 0.6 is 0 Å². The number of carbonyl (C=O) groups is 1. The van der Waals surface area contributed by atoms with Crippen molar-refractivity contribution in [3.8, 4) is 0 Å². The summed E-state index contributed by atoms with van der Waals surface area (Å²) in [6.07, 6.45) is 1.49. The van der Waals surface area contributed by atoms with Crippen molar-refractivity contribution in [2.45, 2.75) is 26.7 Å². The molecule has 4 heteroatoms. The monoisotopic (exact) mass is 258 g/mol. The first-order valence-electron chi connectivity index (χ1n) is 6.49. The number of carbonyl (C=O) groups excluding carboxylic acids is 1. The molecule has 0 fully saturated rings. The van der Waals surface area contributed by atoms with Gasteiger partial charge in [-0.1, -0.05) is 42.4 Å². The second-order valence-electron chi connectivity index (χ2n) is 4.41. The van der Waals surface area contributed by atoms with Crippen LogP contribution in [0.2, 0.25) is 0 Å². The Bertz CT molecular complexity index is 547. The maximum absolute atomic E-state index is 12.1. The number of aryl methyl sites for hydroxylation is 2. The number of nitrogens with one attached hydrogen (secondary N) is 1. The third-order valence-corrected chi connectivity index (χ3v) is 3.02. The van der Waals surface area contributed by atoms with E-state index in [0.29, 0.717) is 30.0 Å². The summed E-state index contributed by atoms with van der Waals surface area (Å²) in [5, 5.41) is 6.75. The number of rotatable bonds is 5. The molecule has 0 radical (unpaired) electrons. The first-order chi connectivity index (χ1) is 9.22. The van der Waals surface area contributed by atoms with E-state index in [1.54, 1.807) is 6.92 Å². The molecule has 0 saturated carbocycles. The SMILES string of the molecule is CCc1onc(C)c1C(=O)NCCc1ccccc1. The van der Waals surface area contributed by atoms with Crippen LogP contribution in [-0.2, 0) is 12.8 Å². The summed E-state index contributed by atoms with van der Waals surface area (Å²) < 4.78 is 5.12. The minimum absolute atomic E-state index is 0.105. The average Bonchev–Trinajstić information content (AvgIpc) is 2.81. The summed E-state index contributed by atoms with van der Waals surface area (Å²) in [7, 11) is 0. The molecule has 0 aliphatic carbocycles. The molecule has 100 valence electrons. The third kappa shape index (κ3) is 3.22. The molecule has 0 unspecified atom stereocenters. The molecule has 1 amide bonds. The van der Waals surface area contributed by atoms with E-state index in [1.165, 1.54) is 5.56 Å². The van der Waals surface area contributed by atoms with Crippen molar-refractivity contribution in [2.24, 2.45) is 0 Å². The van der Waals surface area contributed by atoms with Gasteiger partial charge in [0.1, 0.15) is 11.3 Å². The summed E-state index contributed by atoms with van der Waals surface area (Å²) in [6, 6.07) is 10.1. The average molecular weight is 258 g/mol. The Kier molecular flexibility index (Phi) is 4.34. The molecule has 0 bridgehead atoms. The van der Waals surface area contributed by atoms with E-state index in [-0.39, 0.29) is 5.91 Å². The lowest BCUT2D eigenvalue weighted by Crippen LogP contribution is -2.26. The van der Waals surface area contributed by atoms with Crippen LogP contribution in [0, 0.1) is 6.92 Å². The highest BCUT2D eigenvalue weighted by atomic mass is 16.5. The number of amides is 1. The Morgan fingerprint density at radius 1 is 1.32 bits per heavy atom. The summed E-state index contributed by atoms with van der Waals surface area (Å²) in [5.74, 6) is 0.543. The fraction of sp³-hybridized carbons (Fsp3) is 0.333. The van der Waals surface area contributed by atoms with Gasteiger partial charge < -0.3 is 9.84 Å². The van der Waals surface area contributed by atoms with Gasteiger partial charge in [0.05, 0.1) is 5.69 Å². The van der Waals surface area contributed by atoms with Crippen LogP contribution in [0.15, 0.2) is 34.9 Å². The largest absolute Gasteiger partial charge is 0.360 e. The van der Waals surface area contributed by atoms with Gasteiger partial charge in [-0.05, 0) is 18.9 Å². The minimum atomic E-state index is -0.105. The first-order valence-corrected chi connectivity index (χ1v) is 6.49. The van der Waals surface area contributed by atoms with Crippen LogP contribution in [0.4, 0.5) is 0 Å². The zero-order valence-electron chi connectivity index (χ0n) is 11.3. The molecule has 0 atom stereocenters. The Hall–Kier alpha value is -2.10. The molecule has 0 aliphatic heterocycles. The number of benzene rings is 1. The maximum Gasteiger partial charge on any atom is 0.256 e. The number of aromatic nitrogens is 1. The predicted molar refractivity (Wildman–Crippen MR) is 73.1 cm³/mol. The van der Waals surface area contributed by atoms with E-state index in [4.69, 9.17) is 4.52 Å². The molecule has 0 saturated heterocycles. The highest BCUT2D eigenvalue weighted by Crippen LogP contribution is 2.13. The second kappa shape index (κ2) is 6.18. The van der Waals surface area contributed by atoms with Gasteiger partial charge >= 0.3 is 0 Å². The third-order valence-electron chi connectivity index (χ3n) is 3.02. The lowest BCUT2D eigenvalue weighted by atomic mass is 10.1.